The number of aromatic amines is 1. The maximum absolute atomic E-state index is 12.2. The molecular weight excluding hydrogens is 300 g/mol. The Bertz CT molecular complexity index is 635. The Morgan fingerprint density at radius 3 is 2.77 bits per heavy atom. The number of carbonyl (C=O) groups excluding carboxylic acids is 1. The fraction of sp³-hybridized carbons (Fsp3) is 0.438. The van der Waals surface area contributed by atoms with Crippen molar-refractivity contribution in [2.24, 2.45) is 0 Å². The summed E-state index contributed by atoms with van der Waals surface area (Å²) in [4.78, 5) is 30.7. The molecule has 0 aliphatic rings. The number of hydrogen-bond acceptors (Lipinski definition) is 5. The maximum atomic E-state index is 12.2. The van der Waals surface area contributed by atoms with E-state index in [2.05, 4.69) is 16.5 Å². The second kappa shape index (κ2) is 8.58. The number of esters is 1. The van der Waals surface area contributed by atoms with Crippen LogP contribution in [0.4, 0.5) is 0 Å². The largest absolute Gasteiger partial charge is 0.404 e. The Kier molecular flexibility index (Phi) is 7.11. The molecule has 1 aromatic rings. The zero-order chi connectivity index (χ0) is 16.7. The Labute approximate surface area is 134 Å². The molecule has 0 aliphatic heterocycles. The van der Waals surface area contributed by atoms with Gasteiger partial charge in [0.25, 0.3) is 5.56 Å². The third kappa shape index (κ3) is 4.87. The lowest BCUT2D eigenvalue weighted by molar-refractivity contribution is -0.129. The molecule has 5 nitrogen and oxygen atoms in total. The molecular formula is C16H22N2O3S. The monoisotopic (exact) mass is 322 g/mol. The van der Waals surface area contributed by atoms with Gasteiger partial charge in [-0.25, -0.2) is 4.79 Å². The van der Waals surface area contributed by atoms with E-state index < -0.39 is 5.97 Å². The van der Waals surface area contributed by atoms with Crippen molar-refractivity contribution in [3.05, 3.63) is 40.2 Å². The SMILES string of the molecule is C=CC(=O)Oc1nc(SC(C)/C(C)=C/C)[nH]c(=O)c1CCC. The molecule has 22 heavy (non-hydrogen) atoms. The zero-order valence-electron chi connectivity index (χ0n) is 13.4. The van der Waals surface area contributed by atoms with Gasteiger partial charge >= 0.3 is 5.97 Å². The van der Waals surface area contributed by atoms with Crippen molar-refractivity contribution in [2.45, 2.75) is 50.9 Å². The van der Waals surface area contributed by atoms with Crippen molar-refractivity contribution in [1.82, 2.24) is 9.97 Å². The van der Waals surface area contributed by atoms with Gasteiger partial charge in [0, 0.05) is 11.3 Å². The highest BCUT2D eigenvalue weighted by molar-refractivity contribution is 7.99. The van der Waals surface area contributed by atoms with Crippen molar-refractivity contribution in [2.75, 3.05) is 0 Å². The molecule has 1 unspecified atom stereocenters. The first-order valence-electron chi connectivity index (χ1n) is 7.19. The van der Waals surface area contributed by atoms with Gasteiger partial charge in [-0.15, -0.1) is 0 Å². The predicted octanol–water partition coefficient (Wildman–Crippen LogP) is 3.26. The highest BCUT2D eigenvalue weighted by Gasteiger charge is 2.16. The van der Waals surface area contributed by atoms with E-state index in [4.69, 9.17) is 4.74 Å². The maximum Gasteiger partial charge on any atom is 0.336 e. The number of H-pyrrole nitrogens is 1. The van der Waals surface area contributed by atoms with Gasteiger partial charge in [-0.1, -0.05) is 43.3 Å². The number of nitrogens with one attached hydrogen (secondary N) is 1. The first-order valence-corrected chi connectivity index (χ1v) is 8.07. The van der Waals surface area contributed by atoms with Crippen LogP contribution >= 0.6 is 11.8 Å². The Hall–Kier alpha value is -1.82. The topological polar surface area (TPSA) is 72.0 Å². The summed E-state index contributed by atoms with van der Waals surface area (Å²) in [6.07, 6.45) is 4.32. The van der Waals surface area contributed by atoms with Crippen molar-refractivity contribution in [1.29, 1.82) is 0 Å². The zero-order valence-corrected chi connectivity index (χ0v) is 14.3. The second-order valence-electron chi connectivity index (χ2n) is 4.82. The lowest BCUT2D eigenvalue weighted by Gasteiger charge is -2.13. The molecule has 0 fully saturated rings. The number of thioether (sulfide) groups is 1. The molecule has 1 rings (SSSR count). The summed E-state index contributed by atoms with van der Waals surface area (Å²) in [7, 11) is 0. The molecule has 0 saturated carbocycles. The molecule has 0 bridgehead atoms. The standard InChI is InChI=1S/C16H22N2O3S/c1-6-9-12-14(20)17-16(22-11(5)10(4)7-2)18-15(12)21-13(19)8-3/h7-8,11H,3,6,9H2,1-2,4-5H3,(H,17,18,20)/b10-7+. The molecule has 0 radical (unpaired) electrons. The van der Waals surface area contributed by atoms with Gasteiger partial charge < -0.3 is 9.72 Å². The van der Waals surface area contributed by atoms with Crippen LogP contribution in [0, 0.1) is 0 Å². The van der Waals surface area contributed by atoms with Gasteiger partial charge in [-0.05, 0) is 27.2 Å². The summed E-state index contributed by atoms with van der Waals surface area (Å²) >= 11 is 1.41. The van der Waals surface area contributed by atoms with Gasteiger partial charge in [-0.3, -0.25) is 4.79 Å². The number of nitrogens with zero attached hydrogens (tertiary/aromatic N) is 1. The van der Waals surface area contributed by atoms with Crippen LogP contribution in [-0.4, -0.2) is 21.2 Å². The van der Waals surface area contributed by atoms with Gasteiger partial charge in [0.2, 0.25) is 5.88 Å². The van der Waals surface area contributed by atoms with Crippen molar-refractivity contribution >= 4 is 17.7 Å². The summed E-state index contributed by atoms with van der Waals surface area (Å²) in [6, 6.07) is 0. The first-order chi connectivity index (χ1) is 10.4. The van der Waals surface area contributed by atoms with E-state index in [9.17, 15) is 9.59 Å². The fourth-order valence-corrected chi connectivity index (χ4v) is 2.64. The summed E-state index contributed by atoms with van der Waals surface area (Å²) in [5.41, 5.74) is 1.30. The lowest BCUT2D eigenvalue weighted by Crippen LogP contribution is -2.19. The third-order valence-corrected chi connectivity index (χ3v) is 4.35. The normalized spacial score (nSPS) is 12.8. The van der Waals surface area contributed by atoms with E-state index in [1.807, 2.05) is 33.8 Å². The van der Waals surface area contributed by atoms with Crippen molar-refractivity contribution in [3.63, 3.8) is 0 Å². The number of ether oxygens (including phenoxy) is 1. The Balaban J connectivity index is 3.18. The molecule has 1 N–H and O–H groups in total. The van der Waals surface area contributed by atoms with Crippen LogP contribution < -0.4 is 10.3 Å². The van der Waals surface area contributed by atoms with Crippen LogP contribution in [0.3, 0.4) is 0 Å². The molecule has 0 spiro atoms. The molecule has 120 valence electrons. The number of hydrogen-bond donors (Lipinski definition) is 1. The fourth-order valence-electron chi connectivity index (χ4n) is 1.70. The van der Waals surface area contributed by atoms with Crippen LogP contribution in [0.2, 0.25) is 0 Å². The number of aromatic nitrogens is 2. The van der Waals surface area contributed by atoms with Crippen molar-refractivity contribution < 1.29 is 9.53 Å². The molecule has 0 aromatic carbocycles. The number of carbonyl (C=O) groups is 1. The van der Waals surface area contributed by atoms with Crippen LogP contribution in [0.15, 0.2) is 34.3 Å². The molecule has 1 heterocycles. The number of rotatable bonds is 7. The minimum absolute atomic E-state index is 0.0725. The van der Waals surface area contributed by atoms with E-state index in [1.54, 1.807) is 0 Å². The molecule has 0 aliphatic carbocycles. The third-order valence-electron chi connectivity index (χ3n) is 3.20. The first kappa shape index (κ1) is 18.2. The Morgan fingerprint density at radius 2 is 2.23 bits per heavy atom. The Morgan fingerprint density at radius 1 is 1.55 bits per heavy atom. The molecule has 6 heteroatoms. The summed E-state index contributed by atoms with van der Waals surface area (Å²) in [5, 5.41) is 0.596. The quantitative estimate of drug-likeness (QED) is 0.274. The van der Waals surface area contributed by atoms with Gasteiger partial charge in [-0.2, -0.15) is 4.98 Å². The average molecular weight is 322 g/mol. The molecule has 0 saturated heterocycles. The van der Waals surface area contributed by atoms with E-state index in [-0.39, 0.29) is 16.7 Å². The highest BCUT2D eigenvalue weighted by atomic mass is 32.2. The van der Waals surface area contributed by atoms with Crippen LogP contribution in [0.5, 0.6) is 5.88 Å². The smallest absolute Gasteiger partial charge is 0.336 e. The van der Waals surface area contributed by atoms with Crippen molar-refractivity contribution in [3.8, 4) is 5.88 Å². The second-order valence-corrected chi connectivity index (χ2v) is 6.15. The van der Waals surface area contributed by atoms with Gasteiger partial charge in [0.15, 0.2) is 5.16 Å². The minimum atomic E-state index is -0.621. The summed E-state index contributed by atoms with van der Waals surface area (Å²) in [5.74, 6) is -0.549. The molecule has 1 aromatic heterocycles. The highest BCUT2D eigenvalue weighted by Crippen LogP contribution is 2.26. The average Bonchev–Trinajstić information content (AvgIpc) is 2.49. The van der Waals surface area contributed by atoms with E-state index in [0.29, 0.717) is 17.1 Å². The lowest BCUT2D eigenvalue weighted by atomic mass is 10.2. The summed E-state index contributed by atoms with van der Waals surface area (Å²) in [6.45, 7) is 11.3. The van der Waals surface area contributed by atoms with Crippen LogP contribution in [-0.2, 0) is 11.2 Å². The minimum Gasteiger partial charge on any atom is -0.404 e. The van der Waals surface area contributed by atoms with Crippen LogP contribution in [0.1, 0.15) is 39.7 Å². The number of allylic oxidation sites excluding steroid dienone is 1. The van der Waals surface area contributed by atoms with E-state index in [1.165, 1.54) is 17.3 Å². The predicted molar refractivity (Wildman–Crippen MR) is 89.4 cm³/mol. The van der Waals surface area contributed by atoms with E-state index >= 15 is 0 Å². The van der Waals surface area contributed by atoms with E-state index in [0.717, 1.165) is 12.5 Å². The molecule has 1 atom stereocenters. The summed E-state index contributed by atoms with van der Waals surface area (Å²) < 4.78 is 5.12. The van der Waals surface area contributed by atoms with Gasteiger partial charge in [0.1, 0.15) is 0 Å². The van der Waals surface area contributed by atoms with Crippen LogP contribution in [0.25, 0.3) is 0 Å². The van der Waals surface area contributed by atoms with Gasteiger partial charge in [0.05, 0.1) is 5.56 Å². The molecule has 0 amide bonds.